The lowest BCUT2D eigenvalue weighted by Gasteiger charge is -2.16. The third-order valence-electron chi connectivity index (χ3n) is 3.22. The largest absolute Gasteiger partial charge is 0.444 e. The van der Waals surface area contributed by atoms with Gasteiger partial charge in [-0.3, -0.25) is 10.1 Å². The number of nitrogens with two attached hydrogens (primary N) is 1. The second-order valence-electron chi connectivity index (χ2n) is 5.15. The normalized spacial score (nSPS) is 11.4. The number of hydrogen-bond donors (Lipinski definition) is 3. The van der Waals surface area contributed by atoms with E-state index in [1.165, 1.54) is 0 Å². The zero-order chi connectivity index (χ0) is 17.5. The van der Waals surface area contributed by atoms with Gasteiger partial charge in [0.2, 0.25) is 0 Å². The standard InChI is InChI=1S/C17H18ClN3O3/c1-11(20-15-9-13(18)7-8-14(15)19)16(22)21-17(23)24-10-12-5-3-2-4-6-12/h2-9,11,20H,10,19H2,1H3,(H,21,22,23)/t11-/m0/s1. The second-order valence-corrected chi connectivity index (χ2v) is 5.59. The predicted octanol–water partition coefficient (Wildman–Crippen LogP) is 3.18. The van der Waals surface area contributed by atoms with Crippen LogP contribution in [-0.4, -0.2) is 18.0 Å². The fourth-order valence-electron chi connectivity index (χ4n) is 1.92. The average molecular weight is 348 g/mol. The van der Waals surface area contributed by atoms with Crippen LogP contribution in [0, 0.1) is 0 Å². The van der Waals surface area contributed by atoms with Crippen molar-refractivity contribution < 1.29 is 14.3 Å². The zero-order valence-corrected chi connectivity index (χ0v) is 13.8. The summed E-state index contributed by atoms with van der Waals surface area (Å²) in [6, 6.07) is 13.4. The van der Waals surface area contributed by atoms with E-state index in [4.69, 9.17) is 22.1 Å². The molecule has 0 unspecified atom stereocenters. The Morgan fingerprint density at radius 2 is 1.92 bits per heavy atom. The highest BCUT2D eigenvalue weighted by Crippen LogP contribution is 2.23. The molecule has 126 valence electrons. The van der Waals surface area contributed by atoms with Crippen molar-refractivity contribution in [2.45, 2.75) is 19.6 Å². The minimum absolute atomic E-state index is 0.0863. The summed E-state index contributed by atoms with van der Waals surface area (Å²) in [6.07, 6.45) is -0.809. The fraction of sp³-hybridized carbons (Fsp3) is 0.176. The molecule has 0 saturated carbocycles. The molecule has 4 N–H and O–H groups in total. The van der Waals surface area contributed by atoms with E-state index >= 15 is 0 Å². The number of alkyl carbamates (subject to hydrolysis) is 1. The number of amides is 2. The lowest BCUT2D eigenvalue weighted by atomic mass is 10.2. The van der Waals surface area contributed by atoms with Gasteiger partial charge in [0.25, 0.3) is 5.91 Å². The van der Waals surface area contributed by atoms with Crippen molar-refractivity contribution in [3.8, 4) is 0 Å². The first-order valence-electron chi connectivity index (χ1n) is 7.29. The third kappa shape index (κ3) is 5.17. The molecule has 2 aromatic carbocycles. The van der Waals surface area contributed by atoms with Gasteiger partial charge in [0.05, 0.1) is 11.4 Å². The van der Waals surface area contributed by atoms with E-state index in [2.05, 4.69) is 10.6 Å². The first-order valence-corrected chi connectivity index (χ1v) is 7.66. The van der Waals surface area contributed by atoms with Crippen LogP contribution in [0.4, 0.5) is 16.2 Å². The first kappa shape index (κ1) is 17.6. The highest BCUT2D eigenvalue weighted by atomic mass is 35.5. The van der Waals surface area contributed by atoms with E-state index in [1.807, 2.05) is 30.3 Å². The molecule has 0 aliphatic heterocycles. The molecule has 2 rings (SSSR count). The van der Waals surface area contributed by atoms with Crippen LogP contribution in [0.3, 0.4) is 0 Å². The van der Waals surface area contributed by atoms with Crippen LogP contribution in [0.1, 0.15) is 12.5 Å². The summed E-state index contributed by atoms with van der Waals surface area (Å²) in [5, 5.41) is 5.56. The van der Waals surface area contributed by atoms with Gasteiger partial charge in [-0.1, -0.05) is 41.9 Å². The summed E-state index contributed by atoms with van der Waals surface area (Å²) in [7, 11) is 0. The van der Waals surface area contributed by atoms with Crippen LogP contribution in [0.15, 0.2) is 48.5 Å². The molecule has 0 heterocycles. The molecule has 6 nitrogen and oxygen atoms in total. The lowest BCUT2D eigenvalue weighted by Crippen LogP contribution is -2.41. The number of benzene rings is 2. The van der Waals surface area contributed by atoms with Gasteiger partial charge in [0.1, 0.15) is 12.6 Å². The monoisotopic (exact) mass is 347 g/mol. The Bertz CT molecular complexity index is 722. The second kappa shape index (κ2) is 8.21. The van der Waals surface area contributed by atoms with E-state index in [1.54, 1.807) is 25.1 Å². The molecule has 24 heavy (non-hydrogen) atoms. The van der Waals surface area contributed by atoms with Gasteiger partial charge >= 0.3 is 6.09 Å². The number of halogens is 1. The Kier molecular flexibility index (Phi) is 6.03. The smallest absolute Gasteiger partial charge is 0.414 e. The molecule has 0 radical (unpaired) electrons. The molecule has 0 aliphatic carbocycles. The Labute approximate surface area is 144 Å². The van der Waals surface area contributed by atoms with Gasteiger partial charge in [-0.15, -0.1) is 0 Å². The molecular formula is C17H18ClN3O3. The van der Waals surface area contributed by atoms with Crippen molar-refractivity contribution in [3.63, 3.8) is 0 Å². The number of carbonyl (C=O) groups is 2. The molecule has 2 aromatic rings. The lowest BCUT2D eigenvalue weighted by molar-refractivity contribution is -0.120. The maximum Gasteiger partial charge on any atom is 0.414 e. The van der Waals surface area contributed by atoms with Crippen LogP contribution >= 0.6 is 11.6 Å². The molecule has 0 fully saturated rings. The quantitative estimate of drug-likeness (QED) is 0.722. The summed E-state index contributed by atoms with van der Waals surface area (Å²) in [6.45, 7) is 1.68. The van der Waals surface area contributed by atoms with Gasteiger partial charge < -0.3 is 15.8 Å². The SMILES string of the molecule is C[C@H](Nc1cc(Cl)ccc1N)C(=O)NC(=O)OCc1ccccc1. The van der Waals surface area contributed by atoms with Gasteiger partial charge in [-0.2, -0.15) is 0 Å². The highest BCUT2D eigenvalue weighted by Gasteiger charge is 2.17. The zero-order valence-electron chi connectivity index (χ0n) is 13.1. The van der Waals surface area contributed by atoms with Gasteiger partial charge in [-0.25, -0.2) is 4.79 Å². The highest BCUT2D eigenvalue weighted by molar-refractivity contribution is 6.31. The number of anilines is 2. The minimum atomic E-state index is -0.809. The fourth-order valence-corrected chi connectivity index (χ4v) is 2.09. The molecule has 1 atom stereocenters. The van der Waals surface area contributed by atoms with Crippen LogP contribution in [0.5, 0.6) is 0 Å². The van der Waals surface area contributed by atoms with Crippen molar-refractivity contribution >= 4 is 35.0 Å². The van der Waals surface area contributed by atoms with Crippen LogP contribution < -0.4 is 16.4 Å². The number of imide groups is 1. The van der Waals surface area contributed by atoms with E-state index in [0.29, 0.717) is 16.4 Å². The maximum absolute atomic E-state index is 12.0. The number of nitrogens with one attached hydrogen (secondary N) is 2. The Hall–Kier alpha value is -2.73. The van der Waals surface area contributed by atoms with E-state index in [9.17, 15) is 9.59 Å². The molecule has 2 amide bonds. The minimum Gasteiger partial charge on any atom is -0.444 e. The molecule has 0 aliphatic rings. The molecular weight excluding hydrogens is 330 g/mol. The Balaban J connectivity index is 1.84. The number of nitrogen functional groups attached to an aromatic ring is 1. The van der Waals surface area contributed by atoms with Crippen molar-refractivity contribution in [2.24, 2.45) is 0 Å². The number of carbonyl (C=O) groups excluding carboxylic acids is 2. The summed E-state index contributed by atoms with van der Waals surface area (Å²) in [5.74, 6) is -0.535. The van der Waals surface area contributed by atoms with Crippen molar-refractivity contribution in [1.82, 2.24) is 5.32 Å². The maximum atomic E-state index is 12.0. The molecule has 0 bridgehead atoms. The summed E-state index contributed by atoms with van der Waals surface area (Å²) < 4.78 is 5.00. The topological polar surface area (TPSA) is 93.5 Å². The van der Waals surface area contributed by atoms with Crippen molar-refractivity contribution in [1.29, 1.82) is 0 Å². The number of rotatable bonds is 5. The van der Waals surface area contributed by atoms with E-state index < -0.39 is 18.0 Å². The van der Waals surface area contributed by atoms with E-state index in [0.717, 1.165) is 5.56 Å². The van der Waals surface area contributed by atoms with Crippen molar-refractivity contribution in [3.05, 3.63) is 59.1 Å². The van der Waals surface area contributed by atoms with E-state index in [-0.39, 0.29) is 6.61 Å². The van der Waals surface area contributed by atoms with Gasteiger partial charge in [-0.05, 0) is 30.7 Å². The average Bonchev–Trinajstić information content (AvgIpc) is 2.57. The summed E-state index contributed by atoms with van der Waals surface area (Å²) >= 11 is 5.89. The van der Waals surface area contributed by atoms with Gasteiger partial charge in [0.15, 0.2) is 0 Å². The van der Waals surface area contributed by atoms with Crippen LogP contribution in [0.25, 0.3) is 0 Å². The van der Waals surface area contributed by atoms with Crippen LogP contribution in [0.2, 0.25) is 5.02 Å². The van der Waals surface area contributed by atoms with Crippen molar-refractivity contribution in [2.75, 3.05) is 11.1 Å². The molecule has 0 spiro atoms. The molecule has 0 saturated heterocycles. The Morgan fingerprint density at radius 1 is 1.21 bits per heavy atom. The number of ether oxygens (including phenoxy) is 1. The molecule has 7 heteroatoms. The summed E-state index contributed by atoms with van der Waals surface area (Å²) in [5.41, 5.74) is 7.60. The predicted molar refractivity (Wildman–Crippen MR) is 93.7 cm³/mol. The summed E-state index contributed by atoms with van der Waals surface area (Å²) in [4.78, 5) is 23.7. The number of hydrogen-bond acceptors (Lipinski definition) is 5. The van der Waals surface area contributed by atoms with Gasteiger partial charge in [0, 0.05) is 5.02 Å². The Morgan fingerprint density at radius 3 is 2.62 bits per heavy atom. The first-order chi connectivity index (χ1) is 11.5. The van der Waals surface area contributed by atoms with Crippen LogP contribution in [-0.2, 0) is 16.1 Å². The third-order valence-corrected chi connectivity index (χ3v) is 3.45. The molecule has 0 aromatic heterocycles.